The Morgan fingerprint density at radius 2 is 2.21 bits per heavy atom. The van der Waals surface area contributed by atoms with E-state index in [0.29, 0.717) is 24.1 Å². The molecule has 74 valence electrons. The monoisotopic (exact) mass is 194 g/mol. The average molecular weight is 194 g/mol. The Kier molecular flexibility index (Phi) is 2.47. The van der Waals surface area contributed by atoms with Gasteiger partial charge in [0.15, 0.2) is 5.82 Å². The third kappa shape index (κ3) is 1.49. The summed E-state index contributed by atoms with van der Waals surface area (Å²) < 4.78 is 13.7. The van der Waals surface area contributed by atoms with Gasteiger partial charge in [-0.05, 0) is 11.6 Å². The Balaban J connectivity index is 2.40. The van der Waals surface area contributed by atoms with Gasteiger partial charge >= 0.3 is 0 Å². The van der Waals surface area contributed by atoms with E-state index in [1.807, 2.05) is 12.1 Å². The molecule has 0 aliphatic rings. The number of fused-ring (bicyclic) bond motifs is 1. The minimum absolute atomic E-state index is 0.218. The molecular formula is C10H11FN2O. The number of hydrogen-bond donors (Lipinski definition) is 2. The van der Waals surface area contributed by atoms with Gasteiger partial charge in [0.25, 0.3) is 0 Å². The van der Waals surface area contributed by atoms with Crippen LogP contribution in [0.3, 0.4) is 0 Å². The zero-order valence-corrected chi connectivity index (χ0v) is 7.59. The van der Waals surface area contributed by atoms with Crippen molar-refractivity contribution in [1.82, 2.24) is 4.98 Å². The minimum Gasteiger partial charge on any atom is -0.359 e. The molecule has 0 bridgehead atoms. The maximum absolute atomic E-state index is 13.7. The molecule has 0 saturated carbocycles. The van der Waals surface area contributed by atoms with Crippen molar-refractivity contribution in [2.45, 2.75) is 6.42 Å². The number of H-pyrrole nitrogens is 1. The molecule has 0 radical (unpaired) electrons. The van der Waals surface area contributed by atoms with E-state index in [9.17, 15) is 4.39 Å². The second-order valence-electron chi connectivity index (χ2n) is 3.10. The maximum atomic E-state index is 13.7. The van der Waals surface area contributed by atoms with E-state index in [-0.39, 0.29) is 5.82 Å². The fraction of sp³-hybridized carbons (Fsp3) is 0.200. The molecule has 0 saturated heterocycles. The number of aromatic amines is 1. The van der Waals surface area contributed by atoms with Crippen molar-refractivity contribution in [2.24, 2.45) is 5.90 Å². The van der Waals surface area contributed by atoms with Crippen molar-refractivity contribution in [3.63, 3.8) is 0 Å². The van der Waals surface area contributed by atoms with Gasteiger partial charge in [-0.3, -0.25) is 0 Å². The molecule has 14 heavy (non-hydrogen) atoms. The Morgan fingerprint density at radius 3 is 3.00 bits per heavy atom. The molecule has 2 aromatic rings. The van der Waals surface area contributed by atoms with Crippen LogP contribution in [0.5, 0.6) is 0 Å². The zero-order valence-electron chi connectivity index (χ0n) is 7.59. The van der Waals surface area contributed by atoms with Gasteiger partial charge in [0.05, 0.1) is 12.1 Å². The predicted molar refractivity (Wildman–Crippen MR) is 52.1 cm³/mol. The molecule has 1 aromatic carbocycles. The van der Waals surface area contributed by atoms with Gasteiger partial charge in [-0.1, -0.05) is 12.1 Å². The Morgan fingerprint density at radius 1 is 1.36 bits per heavy atom. The molecular weight excluding hydrogens is 183 g/mol. The SMILES string of the molecule is NOCCc1ccc2cc[nH]c2c1F. The number of hydrogen-bond acceptors (Lipinski definition) is 2. The highest BCUT2D eigenvalue weighted by molar-refractivity contribution is 5.80. The van der Waals surface area contributed by atoms with E-state index in [2.05, 4.69) is 9.82 Å². The highest BCUT2D eigenvalue weighted by Gasteiger charge is 2.07. The molecule has 0 spiro atoms. The van der Waals surface area contributed by atoms with E-state index in [0.717, 1.165) is 5.39 Å². The highest BCUT2D eigenvalue weighted by Crippen LogP contribution is 2.19. The lowest BCUT2D eigenvalue weighted by atomic mass is 10.1. The molecule has 0 aliphatic carbocycles. The van der Waals surface area contributed by atoms with E-state index in [1.54, 1.807) is 12.3 Å². The summed E-state index contributed by atoms with van der Waals surface area (Å²) >= 11 is 0. The molecule has 0 fully saturated rings. The lowest BCUT2D eigenvalue weighted by molar-refractivity contribution is 0.140. The van der Waals surface area contributed by atoms with Crippen LogP contribution in [0.2, 0.25) is 0 Å². The predicted octanol–water partition coefficient (Wildman–Crippen LogP) is 1.74. The van der Waals surface area contributed by atoms with Crippen LogP contribution in [0.4, 0.5) is 4.39 Å². The van der Waals surface area contributed by atoms with Crippen LogP contribution in [0.1, 0.15) is 5.56 Å². The van der Waals surface area contributed by atoms with Crippen molar-refractivity contribution >= 4 is 10.9 Å². The topological polar surface area (TPSA) is 51.0 Å². The molecule has 0 amide bonds. The van der Waals surface area contributed by atoms with E-state index in [1.165, 1.54) is 0 Å². The summed E-state index contributed by atoms with van der Waals surface area (Å²) in [6.07, 6.45) is 2.20. The van der Waals surface area contributed by atoms with Gasteiger partial charge in [0.1, 0.15) is 0 Å². The van der Waals surface area contributed by atoms with Gasteiger partial charge in [-0.2, -0.15) is 0 Å². The van der Waals surface area contributed by atoms with Gasteiger partial charge in [0.2, 0.25) is 0 Å². The molecule has 1 aromatic heterocycles. The zero-order chi connectivity index (χ0) is 9.97. The number of halogens is 1. The largest absolute Gasteiger partial charge is 0.359 e. The number of rotatable bonds is 3. The summed E-state index contributed by atoms with van der Waals surface area (Å²) in [6, 6.07) is 5.47. The fourth-order valence-electron chi connectivity index (χ4n) is 1.50. The maximum Gasteiger partial charge on any atom is 0.150 e. The van der Waals surface area contributed by atoms with Crippen molar-refractivity contribution in [3.05, 3.63) is 35.8 Å². The molecule has 4 heteroatoms. The lowest BCUT2D eigenvalue weighted by Gasteiger charge is -2.02. The van der Waals surface area contributed by atoms with Crippen LogP contribution in [-0.4, -0.2) is 11.6 Å². The quantitative estimate of drug-likeness (QED) is 0.731. The van der Waals surface area contributed by atoms with Crippen molar-refractivity contribution in [3.8, 4) is 0 Å². The second-order valence-corrected chi connectivity index (χ2v) is 3.10. The summed E-state index contributed by atoms with van der Waals surface area (Å²) in [5, 5.41) is 0.875. The molecule has 0 aliphatic heterocycles. The summed E-state index contributed by atoms with van der Waals surface area (Å²) in [7, 11) is 0. The summed E-state index contributed by atoms with van der Waals surface area (Å²) in [6.45, 7) is 0.323. The van der Waals surface area contributed by atoms with E-state index < -0.39 is 0 Å². The van der Waals surface area contributed by atoms with E-state index >= 15 is 0 Å². The lowest BCUT2D eigenvalue weighted by Crippen LogP contribution is -2.05. The Hall–Kier alpha value is -1.39. The second kappa shape index (κ2) is 3.77. The first-order valence-electron chi connectivity index (χ1n) is 4.39. The standard InChI is InChI=1S/C10H11FN2O/c11-9-7(4-6-14-12)1-2-8-3-5-13-10(8)9/h1-3,5,13H,4,6,12H2. The Labute approximate surface area is 80.6 Å². The molecule has 1 heterocycles. The molecule has 3 nitrogen and oxygen atoms in total. The normalized spacial score (nSPS) is 11.0. The van der Waals surface area contributed by atoms with Crippen LogP contribution in [0.15, 0.2) is 24.4 Å². The van der Waals surface area contributed by atoms with Crippen molar-refractivity contribution in [1.29, 1.82) is 0 Å². The van der Waals surface area contributed by atoms with Gasteiger partial charge in [-0.25, -0.2) is 10.3 Å². The minimum atomic E-state index is -0.218. The van der Waals surface area contributed by atoms with Crippen LogP contribution >= 0.6 is 0 Å². The first-order chi connectivity index (χ1) is 6.83. The number of aromatic nitrogens is 1. The summed E-state index contributed by atoms with van der Waals surface area (Å²) in [4.78, 5) is 7.28. The first-order valence-corrected chi connectivity index (χ1v) is 4.39. The van der Waals surface area contributed by atoms with Gasteiger partial charge in [0, 0.05) is 18.0 Å². The van der Waals surface area contributed by atoms with Crippen LogP contribution in [-0.2, 0) is 11.3 Å². The third-order valence-electron chi connectivity index (χ3n) is 2.23. The summed E-state index contributed by atoms with van der Waals surface area (Å²) in [5.41, 5.74) is 1.16. The van der Waals surface area contributed by atoms with Crippen molar-refractivity contribution in [2.75, 3.05) is 6.61 Å². The number of nitrogens with two attached hydrogens (primary N) is 1. The third-order valence-corrected chi connectivity index (χ3v) is 2.23. The molecule has 0 unspecified atom stereocenters. The fourth-order valence-corrected chi connectivity index (χ4v) is 1.50. The van der Waals surface area contributed by atoms with Gasteiger partial charge < -0.3 is 9.82 Å². The summed E-state index contributed by atoms with van der Waals surface area (Å²) in [5.74, 6) is 4.67. The first kappa shape index (κ1) is 9.18. The highest BCUT2D eigenvalue weighted by atomic mass is 19.1. The molecule has 0 atom stereocenters. The van der Waals surface area contributed by atoms with Crippen LogP contribution < -0.4 is 5.90 Å². The number of benzene rings is 1. The number of nitrogens with one attached hydrogen (secondary N) is 1. The van der Waals surface area contributed by atoms with Crippen molar-refractivity contribution < 1.29 is 9.23 Å². The van der Waals surface area contributed by atoms with Crippen LogP contribution in [0, 0.1) is 5.82 Å². The molecule has 3 N–H and O–H groups in total. The van der Waals surface area contributed by atoms with E-state index in [4.69, 9.17) is 5.90 Å². The average Bonchev–Trinajstić information content (AvgIpc) is 2.66. The van der Waals surface area contributed by atoms with Crippen LogP contribution in [0.25, 0.3) is 10.9 Å². The smallest absolute Gasteiger partial charge is 0.150 e. The van der Waals surface area contributed by atoms with Gasteiger partial charge in [-0.15, -0.1) is 0 Å². The Bertz CT molecular complexity index is 439. The molecule has 2 rings (SSSR count).